The number of aryl methyl sites for hydroxylation is 1. The molecule has 3 rings (SSSR count). The summed E-state index contributed by atoms with van der Waals surface area (Å²) < 4.78 is 13.0. The normalized spacial score (nSPS) is 17.5. The van der Waals surface area contributed by atoms with E-state index in [1.165, 1.54) is 40.2 Å². The third-order valence-electron chi connectivity index (χ3n) is 4.15. The van der Waals surface area contributed by atoms with Crippen LogP contribution in [0.1, 0.15) is 27.5 Å². The number of hydrogen-bond donors (Lipinski definition) is 0. The molecule has 1 aromatic heterocycles. The van der Waals surface area contributed by atoms with E-state index in [2.05, 4.69) is 19.1 Å². The van der Waals surface area contributed by atoms with Crippen LogP contribution in [0.15, 0.2) is 42.5 Å². The van der Waals surface area contributed by atoms with Gasteiger partial charge in [0.1, 0.15) is 6.67 Å². The van der Waals surface area contributed by atoms with Gasteiger partial charge >= 0.3 is 0 Å². The van der Waals surface area contributed by atoms with Crippen LogP contribution in [0.4, 0.5) is 4.39 Å². The van der Waals surface area contributed by atoms with Crippen LogP contribution in [0.3, 0.4) is 0 Å². The van der Waals surface area contributed by atoms with Crippen molar-refractivity contribution < 1.29 is 9.18 Å². The number of thiophene rings is 1. The van der Waals surface area contributed by atoms with Crippen LogP contribution in [0.25, 0.3) is 0 Å². The number of carbonyl (C=O) groups is 1. The van der Waals surface area contributed by atoms with Gasteiger partial charge in [0, 0.05) is 23.4 Å². The lowest BCUT2D eigenvalue weighted by Gasteiger charge is -2.33. The van der Waals surface area contributed by atoms with Crippen molar-refractivity contribution in [1.82, 2.24) is 4.90 Å². The lowest BCUT2D eigenvalue weighted by atomic mass is 9.86. The van der Waals surface area contributed by atoms with Crippen molar-refractivity contribution in [3.05, 3.63) is 68.4 Å². The van der Waals surface area contributed by atoms with Gasteiger partial charge in [0.15, 0.2) is 0 Å². The fourth-order valence-corrected chi connectivity index (χ4v) is 4.40. The van der Waals surface area contributed by atoms with Crippen molar-refractivity contribution in [3.8, 4) is 0 Å². The van der Waals surface area contributed by atoms with Crippen LogP contribution in [-0.2, 0) is 11.3 Å². The Balaban J connectivity index is 1.99. The van der Waals surface area contributed by atoms with Crippen molar-refractivity contribution in [2.45, 2.75) is 19.4 Å². The molecular weight excluding hydrogens is 333 g/mol. The van der Waals surface area contributed by atoms with E-state index in [-0.39, 0.29) is 11.8 Å². The Morgan fingerprint density at radius 1 is 1.43 bits per heavy atom. The quantitative estimate of drug-likeness (QED) is 0.735. The van der Waals surface area contributed by atoms with E-state index in [0.717, 1.165) is 9.21 Å². The lowest BCUT2D eigenvalue weighted by Crippen LogP contribution is -2.37. The molecule has 1 aromatic carbocycles. The van der Waals surface area contributed by atoms with Crippen molar-refractivity contribution in [2.24, 2.45) is 0 Å². The third-order valence-corrected chi connectivity index (χ3v) is 5.41. The summed E-state index contributed by atoms with van der Waals surface area (Å²) >= 11 is 7.72. The lowest BCUT2D eigenvalue weighted by molar-refractivity contribution is -0.127. The molecule has 2 nitrogen and oxygen atoms in total. The molecule has 0 saturated heterocycles. The highest BCUT2D eigenvalue weighted by Gasteiger charge is 2.30. The zero-order valence-electron chi connectivity index (χ0n) is 12.8. The van der Waals surface area contributed by atoms with E-state index < -0.39 is 6.67 Å². The summed E-state index contributed by atoms with van der Waals surface area (Å²) in [6.45, 7) is 2.56. The van der Waals surface area contributed by atoms with Crippen LogP contribution in [-0.4, -0.2) is 24.0 Å². The van der Waals surface area contributed by atoms with Gasteiger partial charge in [-0.15, -0.1) is 11.3 Å². The molecule has 1 atom stereocenters. The molecule has 120 valence electrons. The van der Waals surface area contributed by atoms with E-state index in [9.17, 15) is 9.18 Å². The monoisotopic (exact) mass is 349 g/mol. The fourth-order valence-electron chi connectivity index (χ4n) is 3.05. The topological polar surface area (TPSA) is 20.3 Å². The summed E-state index contributed by atoms with van der Waals surface area (Å²) in [5.74, 6) is -0.0529. The molecule has 0 bridgehead atoms. The first kappa shape index (κ1) is 16.2. The van der Waals surface area contributed by atoms with Crippen molar-refractivity contribution in [3.63, 3.8) is 0 Å². The Labute approximate surface area is 144 Å². The zero-order valence-corrected chi connectivity index (χ0v) is 14.3. The number of benzene rings is 1. The molecule has 0 unspecified atom stereocenters. The Hall–Kier alpha value is -1.65. The van der Waals surface area contributed by atoms with Crippen molar-refractivity contribution in [2.75, 3.05) is 13.2 Å². The minimum Gasteiger partial charge on any atom is -0.333 e. The second kappa shape index (κ2) is 6.85. The van der Waals surface area contributed by atoms with Gasteiger partial charge in [0.2, 0.25) is 5.91 Å². The number of halogens is 2. The first-order valence-corrected chi connectivity index (χ1v) is 8.64. The van der Waals surface area contributed by atoms with Crippen LogP contribution >= 0.6 is 22.9 Å². The smallest absolute Gasteiger partial charge is 0.246 e. The number of allylic oxidation sites excluding steroid dienone is 1. The Bertz CT molecular complexity index is 755. The predicted octanol–water partition coefficient (Wildman–Crippen LogP) is 4.71. The van der Waals surface area contributed by atoms with Crippen LogP contribution < -0.4 is 0 Å². The maximum atomic E-state index is 12.3. The summed E-state index contributed by atoms with van der Waals surface area (Å²) in [7, 11) is 0. The van der Waals surface area contributed by atoms with E-state index >= 15 is 0 Å². The second-order valence-electron chi connectivity index (χ2n) is 5.61. The molecular formula is C18H17ClFNOS. The highest BCUT2D eigenvalue weighted by molar-refractivity contribution is 7.16. The van der Waals surface area contributed by atoms with Gasteiger partial charge in [-0.3, -0.25) is 4.79 Å². The van der Waals surface area contributed by atoms with Gasteiger partial charge in [-0.25, -0.2) is 4.39 Å². The number of nitrogens with zero attached hydrogens (tertiary/aromatic N) is 1. The largest absolute Gasteiger partial charge is 0.333 e. The second-order valence-corrected chi connectivity index (χ2v) is 7.38. The number of amides is 1. The Morgan fingerprint density at radius 2 is 2.22 bits per heavy atom. The Morgan fingerprint density at radius 3 is 2.96 bits per heavy atom. The van der Waals surface area contributed by atoms with Gasteiger partial charge in [-0.05, 0) is 35.8 Å². The van der Waals surface area contributed by atoms with Gasteiger partial charge in [-0.1, -0.05) is 35.9 Å². The molecule has 0 spiro atoms. The molecule has 0 fully saturated rings. The van der Waals surface area contributed by atoms with Crippen LogP contribution in [0, 0.1) is 6.92 Å². The van der Waals surface area contributed by atoms with Gasteiger partial charge in [-0.2, -0.15) is 0 Å². The molecule has 5 heteroatoms. The maximum Gasteiger partial charge on any atom is 0.246 e. The molecule has 0 saturated carbocycles. The summed E-state index contributed by atoms with van der Waals surface area (Å²) in [4.78, 5) is 15.1. The van der Waals surface area contributed by atoms with E-state index in [1.807, 2.05) is 18.2 Å². The highest BCUT2D eigenvalue weighted by atomic mass is 35.5. The third kappa shape index (κ3) is 3.33. The molecule has 1 aliphatic rings. The van der Waals surface area contributed by atoms with E-state index in [1.54, 1.807) is 4.90 Å². The molecule has 0 aliphatic carbocycles. The summed E-state index contributed by atoms with van der Waals surface area (Å²) in [5.41, 5.74) is 3.60. The van der Waals surface area contributed by atoms with Gasteiger partial charge < -0.3 is 4.90 Å². The van der Waals surface area contributed by atoms with Crippen LogP contribution in [0.5, 0.6) is 0 Å². The molecule has 1 amide bonds. The molecule has 0 radical (unpaired) electrons. The first-order chi connectivity index (χ1) is 11.1. The molecule has 2 heterocycles. The number of hydrogen-bond acceptors (Lipinski definition) is 2. The average Bonchev–Trinajstić information content (AvgIpc) is 2.92. The van der Waals surface area contributed by atoms with Gasteiger partial charge in [0.05, 0.1) is 10.9 Å². The number of alkyl halides is 1. The summed E-state index contributed by atoms with van der Waals surface area (Å²) in [6, 6.07) is 10.2. The van der Waals surface area contributed by atoms with Crippen molar-refractivity contribution in [1.29, 1.82) is 0 Å². The average molecular weight is 350 g/mol. The molecule has 1 aliphatic heterocycles. The SMILES string of the molecule is Cc1ccccc1[C@@H]1CN(C(=O)/C=C/CF)Cc2sc(Cl)cc21. The fraction of sp³-hybridized carbons (Fsp3) is 0.278. The van der Waals surface area contributed by atoms with Crippen molar-refractivity contribution >= 4 is 28.8 Å². The number of carbonyl (C=O) groups excluding carboxylic acids is 1. The molecule has 0 N–H and O–H groups in total. The predicted molar refractivity (Wildman–Crippen MR) is 92.9 cm³/mol. The summed E-state index contributed by atoms with van der Waals surface area (Å²) in [6.07, 6.45) is 2.57. The highest BCUT2D eigenvalue weighted by Crippen LogP contribution is 2.40. The minimum absolute atomic E-state index is 0.103. The van der Waals surface area contributed by atoms with Crippen LogP contribution in [0.2, 0.25) is 4.34 Å². The van der Waals surface area contributed by atoms with E-state index in [4.69, 9.17) is 11.6 Å². The first-order valence-electron chi connectivity index (χ1n) is 7.45. The maximum absolute atomic E-state index is 12.3. The van der Waals surface area contributed by atoms with E-state index in [0.29, 0.717) is 13.1 Å². The molecule has 23 heavy (non-hydrogen) atoms. The standard InChI is InChI=1S/C18H17ClFNOS/c1-12-5-2-3-6-13(12)15-10-21(18(22)7-4-8-20)11-16-14(15)9-17(19)23-16/h2-7,9,15H,8,10-11H2,1H3/b7-4+/t15-/m0/s1. The molecule has 2 aromatic rings. The Kier molecular flexibility index (Phi) is 4.83. The van der Waals surface area contributed by atoms with Gasteiger partial charge in [0.25, 0.3) is 0 Å². The summed E-state index contributed by atoms with van der Waals surface area (Å²) in [5, 5.41) is 0. The number of fused-ring (bicyclic) bond motifs is 1. The minimum atomic E-state index is -0.628. The number of rotatable bonds is 3. The zero-order chi connectivity index (χ0) is 16.4.